The SMILES string of the molecule is CCOC(=O)C1CCC(NC(=O)C(C)=C(C)C(=O)O)CC1. The van der Waals surface area contributed by atoms with Gasteiger partial charge in [-0.15, -0.1) is 0 Å². The molecule has 0 aliphatic heterocycles. The standard InChI is InChI=1S/C15H23NO5/c1-4-21-15(20)11-5-7-12(8-6-11)16-13(17)9(2)10(3)14(18)19/h11-12H,4-8H2,1-3H3,(H,16,17)(H,18,19). The molecule has 0 bridgehead atoms. The van der Waals surface area contributed by atoms with Gasteiger partial charge in [-0.2, -0.15) is 0 Å². The van der Waals surface area contributed by atoms with E-state index in [4.69, 9.17) is 9.84 Å². The first-order valence-corrected chi connectivity index (χ1v) is 7.25. The van der Waals surface area contributed by atoms with Gasteiger partial charge in [0.1, 0.15) is 0 Å². The summed E-state index contributed by atoms with van der Waals surface area (Å²) < 4.78 is 4.99. The number of hydrogen-bond donors (Lipinski definition) is 2. The molecule has 6 nitrogen and oxygen atoms in total. The highest BCUT2D eigenvalue weighted by molar-refractivity contribution is 6.01. The van der Waals surface area contributed by atoms with E-state index in [0.29, 0.717) is 32.3 Å². The fraction of sp³-hybridized carbons (Fsp3) is 0.667. The third-order valence-electron chi connectivity index (χ3n) is 3.91. The second-order valence-electron chi connectivity index (χ2n) is 5.33. The van der Waals surface area contributed by atoms with Crippen LogP contribution in [0.5, 0.6) is 0 Å². The van der Waals surface area contributed by atoms with Gasteiger partial charge >= 0.3 is 11.9 Å². The highest BCUT2D eigenvalue weighted by atomic mass is 16.5. The van der Waals surface area contributed by atoms with Crippen LogP contribution in [0.3, 0.4) is 0 Å². The molecule has 1 aliphatic carbocycles. The van der Waals surface area contributed by atoms with Crippen molar-refractivity contribution in [1.82, 2.24) is 5.32 Å². The van der Waals surface area contributed by atoms with Crippen LogP contribution >= 0.6 is 0 Å². The summed E-state index contributed by atoms with van der Waals surface area (Å²) >= 11 is 0. The lowest BCUT2D eigenvalue weighted by Crippen LogP contribution is -2.39. The molecule has 0 aromatic carbocycles. The van der Waals surface area contributed by atoms with E-state index < -0.39 is 5.97 Å². The summed E-state index contributed by atoms with van der Waals surface area (Å²) in [4.78, 5) is 34.4. The predicted molar refractivity (Wildman–Crippen MR) is 76.5 cm³/mol. The van der Waals surface area contributed by atoms with Crippen LogP contribution < -0.4 is 5.32 Å². The summed E-state index contributed by atoms with van der Waals surface area (Å²) in [5.74, 6) is -1.70. The number of aliphatic carboxylic acids is 1. The van der Waals surface area contributed by atoms with Crippen molar-refractivity contribution in [2.45, 2.75) is 52.5 Å². The molecule has 2 N–H and O–H groups in total. The highest BCUT2D eigenvalue weighted by Gasteiger charge is 2.28. The largest absolute Gasteiger partial charge is 0.478 e. The summed E-state index contributed by atoms with van der Waals surface area (Å²) in [6.07, 6.45) is 2.78. The number of nitrogens with one attached hydrogen (secondary N) is 1. The number of hydrogen-bond acceptors (Lipinski definition) is 4. The molecule has 1 saturated carbocycles. The lowest BCUT2D eigenvalue weighted by Gasteiger charge is -2.28. The van der Waals surface area contributed by atoms with Crippen LogP contribution in [-0.4, -0.2) is 35.6 Å². The Morgan fingerprint density at radius 2 is 1.67 bits per heavy atom. The molecule has 0 heterocycles. The Morgan fingerprint density at radius 3 is 2.14 bits per heavy atom. The number of rotatable bonds is 5. The normalized spacial score (nSPS) is 23.0. The molecule has 0 unspecified atom stereocenters. The number of carboxylic acids is 1. The van der Waals surface area contributed by atoms with Gasteiger partial charge in [0.05, 0.1) is 12.5 Å². The molecule has 118 valence electrons. The zero-order chi connectivity index (χ0) is 16.0. The maximum atomic E-state index is 12.0. The predicted octanol–water partition coefficient (Wildman–Crippen LogP) is 1.65. The number of carbonyl (C=O) groups excluding carboxylic acids is 2. The monoisotopic (exact) mass is 297 g/mol. The van der Waals surface area contributed by atoms with Gasteiger partial charge < -0.3 is 15.2 Å². The van der Waals surface area contributed by atoms with E-state index in [2.05, 4.69) is 5.32 Å². The fourth-order valence-electron chi connectivity index (χ4n) is 2.36. The molecular formula is C15H23NO5. The number of ether oxygens (including phenoxy) is 1. The Bertz CT molecular complexity index is 447. The molecule has 0 spiro atoms. The first-order valence-electron chi connectivity index (χ1n) is 7.25. The molecular weight excluding hydrogens is 274 g/mol. The van der Waals surface area contributed by atoms with Gasteiger partial charge in [-0.25, -0.2) is 4.79 Å². The first-order chi connectivity index (χ1) is 9.86. The maximum Gasteiger partial charge on any atom is 0.331 e. The lowest BCUT2D eigenvalue weighted by molar-refractivity contribution is -0.149. The van der Waals surface area contributed by atoms with Gasteiger partial charge in [-0.05, 0) is 46.5 Å². The van der Waals surface area contributed by atoms with Crippen molar-refractivity contribution in [1.29, 1.82) is 0 Å². The number of amides is 1. The first kappa shape index (κ1) is 17.2. The summed E-state index contributed by atoms with van der Waals surface area (Å²) in [6.45, 7) is 5.08. The van der Waals surface area contributed by atoms with E-state index in [1.165, 1.54) is 13.8 Å². The van der Waals surface area contributed by atoms with Crippen LogP contribution in [0.2, 0.25) is 0 Å². The zero-order valence-corrected chi connectivity index (χ0v) is 12.8. The minimum absolute atomic E-state index is 0.0141. The van der Waals surface area contributed by atoms with Crippen LogP contribution in [0.4, 0.5) is 0 Å². The molecule has 0 atom stereocenters. The van der Waals surface area contributed by atoms with Crippen molar-refractivity contribution >= 4 is 17.8 Å². The Morgan fingerprint density at radius 1 is 1.10 bits per heavy atom. The number of carboxylic acid groups (broad SMARTS) is 1. The van der Waals surface area contributed by atoms with Crippen molar-refractivity contribution in [3.05, 3.63) is 11.1 Å². The Kier molecular flexibility index (Phi) is 6.39. The topological polar surface area (TPSA) is 92.7 Å². The van der Waals surface area contributed by atoms with Crippen LogP contribution in [0, 0.1) is 5.92 Å². The zero-order valence-electron chi connectivity index (χ0n) is 12.8. The Hall–Kier alpha value is -1.85. The van der Waals surface area contributed by atoms with E-state index in [1.54, 1.807) is 6.92 Å². The summed E-state index contributed by atoms with van der Waals surface area (Å²) in [5, 5.41) is 11.7. The van der Waals surface area contributed by atoms with Crippen molar-refractivity contribution in [2.24, 2.45) is 5.92 Å². The van der Waals surface area contributed by atoms with Crippen LogP contribution in [0.25, 0.3) is 0 Å². The van der Waals surface area contributed by atoms with Gasteiger partial charge in [-0.3, -0.25) is 9.59 Å². The summed E-state index contributed by atoms with van der Waals surface area (Å²) in [7, 11) is 0. The van der Waals surface area contributed by atoms with Crippen molar-refractivity contribution in [3.63, 3.8) is 0 Å². The molecule has 1 rings (SSSR count). The molecule has 1 amide bonds. The molecule has 0 saturated heterocycles. The maximum absolute atomic E-state index is 12.0. The van der Waals surface area contributed by atoms with Gasteiger partial charge in [0, 0.05) is 17.2 Å². The second-order valence-corrected chi connectivity index (χ2v) is 5.33. The van der Waals surface area contributed by atoms with E-state index >= 15 is 0 Å². The van der Waals surface area contributed by atoms with E-state index in [-0.39, 0.29) is 35.0 Å². The minimum atomic E-state index is -1.09. The fourth-order valence-corrected chi connectivity index (χ4v) is 2.36. The third-order valence-corrected chi connectivity index (χ3v) is 3.91. The van der Waals surface area contributed by atoms with E-state index in [9.17, 15) is 14.4 Å². The quantitative estimate of drug-likeness (QED) is 0.594. The number of esters is 1. The van der Waals surface area contributed by atoms with Crippen molar-refractivity contribution in [2.75, 3.05) is 6.61 Å². The molecule has 21 heavy (non-hydrogen) atoms. The Balaban J connectivity index is 2.49. The smallest absolute Gasteiger partial charge is 0.331 e. The minimum Gasteiger partial charge on any atom is -0.478 e. The molecule has 6 heteroatoms. The number of carbonyl (C=O) groups is 3. The van der Waals surface area contributed by atoms with Crippen LogP contribution in [0.15, 0.2) is 11.1 Å². The van der Waals surface area contributed by atoms with E-state index in [1.807, 2.05) is 0 Å². The Labute approximate surface area is 124 Å². The molecule has 1 aliphatic rings. The van der Waals surface area contributed by atoms with Crippen molar-refractivity contribution in [3.8, 4) is 0 Å². The van der Waals surface area contributed by atoms with Gasteiger partial charge in [-0.1, -0.05) is 0 Å². The summed E-state index contributed by atoms with van der Waals surface area (Å²) in [6, 6.07) is -0.0141. The average Bonchev–Trinajstić information content (AvgIpc) is 2.46. The van der Waals surface area contributed by atoms with Gasteiger partial charge in [0.2, 0.25) is 5.91 Å². The second kappa shape index (κ2) is 7.81. The van der Waals surface area contributed by atoms with E-state index in [0.717, 1.165) is 0 Å². The van der Waals surface area contributed by atoms with Gasteiger partial charge in [0.15, 0.2) is 0 Å². The van der Waals surface area contributed by atoms with Gasteiger partial charge in [0.25, 0.3) is 0 Å². The lowest BCUT2D eigenvalue weighted by atomic mass is 9.86. The molecule has 0 radical (unpaired) electrons. The van der Waals surface area contributed by atoms with Crippen LogP contribution in [-0.2, 0) is 19.1 Å². The molecule has 1 fully saturated rings. The third kappa shape index (κ3) is 4.88. The van der Waals surface area contributed by atoms with Crippen molar-refractivity contribution < 1.29 is 24.2 Å². The molecule has 0 aromatic heterocycles. The molecule has 0 aromatic rings. The average molecular weight is 297 g/mol. The van der Waals surface area contributed by atoms with Crippen LogP contribution in [0.1, 0.15) is 46.5 Å². The summed E-state index contributed by atoms with van der Waals surface area (Å²) in [5.41, 5.74) is 0.266. The highest BCUT2D eigenvalue weighted by Crippen LogP contribution is 2.25.